The number of ketones is 1. The van der Waals surface area contributed by atoms with Crippen molar-refractivity contribution in [2.45, 2.75) is 19.8 Å². The Morgan fingerprint density at radius 2 is 1.77 bits per heavy atom. The third kappa shape index (κ3) is 6.87. The van der Waals surface area contributed by atoms with Crippen LogP contribution in [0.15, 0.2) is 85.2 Å². The van der Waals surface area contributed by atoms with Crippen molar-refractivity contribution in [3.05, 3.63) is 102 Å². The second-order valence-electron chi connectivity index (χ2n) is 9.98. The van der Waals surface area contributed by atoms with E-state index >= 15 is 0 Å². The molecule has 0 fully saturated rings. The number of carbonyl (C=O) groups excluding carboxylic acids is 3. The third-order valence-electron chi connectivity index (χ3n) is 7.09. The van der Waals surface area contributed by atoms with E-state index in [1.165, 1.54) is 4.90 Å². The summed E-state index contributed by atoms with van der Waals surface area (Å²) in [5, 5.41) is 9.06. The molecule has 0 atom stereocenters. The van der Waals surface area contributed by atoms with E-state index in [4.69, 9.17) is 20.6 Å². The number of pyridine rings is 1. The molecule has 3 aromatic carbocycles. The minimum absolute atomic E-state index is 0. The molecule has 0 aliphatic rings. The molecular formula is C33H32ClN5O5. The number of nitrogens with zero attached hydrogens (tertiary/aromatic N) is 3. The summed E-state index contributed by atoms with van der Waals surface area (Å²) in [6, 6.07) is 21.4. The molecule has 3 N–H and O–H groups in total. The van der Waals surface area contributed by atoms with Gasteiger partial charge in [-0.05, 0) is 43.2 Å². The predicted molar refractivity (Wildman–Crippen MR) is 172 cm³/mol. The average molecular weight is 614 g/mol. The van der Waals surface area contributed by atoms with Crippen LogP contribution in [-0.4, -0.2) is 46.4 Å². The quantitative estimate of drug-likeness (QED) is 0.0875. The van der Waals surface area contributed by atoms with Gasteiger partial charge in [0.15, 0.2) is 5.78 Å². The summed E-state index contributed by atoms with van der Waals surface area (Å²) in [5.74, 6) is -0.343. The number of hydrogen-bond acceptors (Lipinski definition) is 7. The second kappa shape index (κ2) is 13.8. The molecule has 44 heavy (non-hydrogen) atoms. The van der Waals surface area contributed by atoms with Crippen molar-refractivity contribution in [3.8, 4) is 5.75 Å². The molecule has 2 heterocycles. The zero-order chi connectivity index (χ0) is 30.5. The van der Waals surface area contributed by atoms with Gasteiger partial charge in [-0.3, -0.25) is 24.9 Å². The van der Waals surface area contributed by atoms with E-state index in [0.29, 0.717) is 40.7 Å². The molecule has 11 heteroatoms. The summed E-state index contributed by atoms with van der Waals surface area (Å²) >= 11 is 0. The number of amides is 1. The molecule has 0 aliphatic heterocycles. The molecule has 0 spiro atoms. The highest BCUT2D eigenvalue weighted by atomic mass is 35.5. The number of rotatable bonds is 10. The van der Waals surface area contributed by atoms with Gasteiger partial charge in [-0.2, -0.15) is 0 Å². The first-order valence-corrected chi connectivity index (χ1v) is 13.8. The maximum absolute atomic E-state index is 13.5. The Hall–Kier alpha value is -5.22. The number of anilines is 1. The van der Waals surface area contributed by atoms with E-state index in [1.807, 2.05) is 35.9 Å². The number of Topliss-reactive ketones (excluding diaryl/α,β-unsaturated/α-hetero) is 1. The Balaban J connectivity index is 0.00000442. The van der Waals surface area contributed by atoms with Crippen LogP contribution in [0.1, 0.15) is 34.8 Å². The summed E-state index contributed by atoms with van der Waals surface area (Å²) in [5.41, 5.74) is 9.38. The molecule has 1 amide bonds. The minimum atomic E-state index is -0.771. The number of nitrogens with two attached hydrogens (primary N) is 1. The molecule has 226 valence electrons. The zero-order valence-corrected chi connectivity index (χ0v) is 25.1. The lowest BCUT2D eigenvalue weighted by molar-refractivity contribution is -0.141. The van der Waals surface area contributed by atoms with Gasteiger partial charge in [0, 0.05) is 53.8 Å². The fraction of sp³-hybridized carbons (Fsp3) is 0.182. The highest BCUT2D eigenvalue weighted by Crippen LogP contribution is 2.29. The Morgan fingerprint density at radius 1 is 1.02 bits per heavy atom. The van der Waals surface area contributed by atoms with Gasteiger partial charge in [0.05, 0.1) is 23.3 Å². The molecule has 0 saturated heterocycles. The van der Waals surface area contributed by atoms with Crippen LogP contribution in [0, 0.1) is 5.41 Å². The Kier molecular flexibility index (Phi) is 9.97. The summed E-state index contributed by atoms with van der Waals surface area (Å²) < 4.78 is 12.7. The van der Waals surface area contributed by atoms with Crippen molar-refractivity contribution in [2.24, 2.45) is 12.8 Å². The molecule has 0 radical (unpaired) electrons. The number of aryl methyl sites for hydroxylation is 2. The third-order valence-corrected chi connectivity index (χ3v) is 7.09. The van der Waals surface area contributed by atoms with Crippen LogP contribution in [0.5, 0.6) is 5.75 Å². The Bertz CT molecular complexity index is 1850. The number of halogens is 1. The first-order chi connectivity index (χ1) is 20.7. The molecule has 5 aromatic rings. The maximum Gasteiger partial charge on any atom is 0.420 e. The molecule has 0 saturated carbocycles. The number of amidine groups is 1. The SMILES string of the molecule is CCOC(=O)CN(C(=O)Oc1ccc2c(C(=O)CCc3ccc(C(=N)N)cc3)cn(C)c2c1)c1cccc2cccnc12.Cl. The van der Waals surface area contributed by atoms with Gasteiger partial charge in [0.2, 0.25) is 0 Å². The number of ether oxygens (including phenoxy) is 2. The van der Waals surface area contributed by atoms with Gasteiger partial charge in [0.1, 0.15) is 18.1 Å². The fourth-order valence-corrected chi connectivity index (χ4v) is 4.94. The van der Waals surface area contributed by atoms with Crippen molar-refractivity contribution in [3.63, 3.8) is 0 Å². The first kappa shape index (κ1) is 31.7. The molecule has 0 unspecified atom stereocenters. The number of nitrogen functional groups attached to an aromatic ring is 1. The zero-order valence-electron chi connectivity index (χ0n) is 24.3. The largest absolute Gasteiger partial charge is 0.465 e. The van der Waals surface area contributed by atoms with Crippen LogP contribution in [-0.2, 0) is 23.0 Å². The lowest BCUT2D eigenvalue weighted by atomic mass is 10.0. The second-order valence-corrected chi connectivity index (χ2v) is 9.98. The lowest BCUT2D eigenvalue weighted by Gasteiger charge is -2.22. The smallest absolute Gasteiger partial charge is 0.420 e. The molecule has 0 bridgehead atoms. The van der Waals surface area contributed by atoms with E-state index in [9.17, 15) is 14.4 Å². The number of hydrogen-bond donors (Lipinski definition) is 2. The van der Waals surface area contributed by atoms with Crippen LogP contribution in [0.4, 0.5) is 10.5 Å². The summed E-state index contributed by atoms with van der Waals surface area (Å²) in [7, 11) is 1.82. The molecule has 2 aromatic heterocycles. The van der Waals surface area contributed by atoms with Gasteiger partial charge < -0.3 is 19.8 Å². The number of aromatic nitrogens is 2. The van der Waals surface area contributed by atoms with Crippen molar-refractivity contribution < 1.29 is 23.9 Å². The number of benzene rings is 3. The van der Waals surface area contributed by atoms with Crippen LogP contribution >= 0.6 is 12.4 Å². The van der Waals surface area contributed by atoms with E-state index in [2.05, 4.69) is 4.98 Å². The summed E-state index contributed by atoms with van der Waals surface area (Å²) in [6.07, 6.45) is 3.46. The maximum atomic E-state index is 13.5. The molecule has 0 aliphatic carbocycles. The van der Waals surface area contributed by atoms with Crippen LogP contribution < -0.4 is 15.4 Å². The Morgan fingerprint density at radius 3 is 2.50 bits per heavy atom. The monoisotopic (exact) mass is 613 g/mol. The van der Waals surface area contributed by atoms with Crippen molar-refractivity contribution >= 4 is 63.6 Å². The number of nitrogens with one attached hydrogen (secondary N) is 1. The van der Waals surface area contributed by atoms with Gasteiger partial charge >= 0.3 is 12.1 Å². The minimum Gasteiger partial charge on any atom is -0.465 e. The standard InChI is InChI=1S/C33H31N5O5.ClH/c1-3-42-30(40)20-38(27-8-4-6-22-7-5-17-36-31(22)27)33(41)43-24-14-15-25-26(19-37(2)28(25)18-24)29(39)16-11-21-9-12-23(13-10-21)32(34)35;/h4-10,12-15,17-19H,3,11,16,20H2,1-2H3,(H3,34,35);1H. The van der Waals surface area contributed by atoms with Crippen LogP contribution in [0.3, 0.4) is 0 Å². The van der Waals surface area contributed by atoms with Crippen molar-refractivity contribution in [1.82, 2.24) is 9.55 Å². The van der Waals surface area contributed by atoms with Gasteiger partial charge in [-0.1, -0.05) is 42.5 Å². The van der Waals surface area contributed by atoms with E-state index in [0.717, 1.165) is 16.3 Å². The van der Waals surface area contributed by atoms with Crippen LogP contribution in [0.2, 0.25) is 0 Å². The van der Waals surface area contributed by atoms with Gasteiger partial charge in [-0.15, -0.1) is 12.4 Å². The van der Waals surface area contributed by atoms with Crippen LogP contribution in [0.25, 0.3) is 21.8 Å². The summed E-state index contributed by atoms with van der Waals surface area (Å²) in [6.45, 7) is 1.51. The number of carbonyl (C=O) groups is 3. The van der Waals surface area contributed by atoms with E-state index in [-0.39, 0.29) is 42.9 Å². The topological polar surface area (TPSA) is 141 Å². The fourth-order valence-electron chi connectivity index (χ4n) is 4.94. The predicted octanol–water partition coefficient (Wildman–Crippen LogP) is 5.82. The molecule has 10 nitrogen and oxygen atoms in total. The molecule has 5 rings (SSSR count). The highest BCUT2D eigenvalue weighted by Gasteiger charge is 2.25. The van der Waals surface area contributed by atoms with Gasteiger partial charge in [0.25, 0.3) is 0 Å². The van der Waals surface area contributed by atoms with Gasteiger partial charge in [-0.25, -0.2) is 4.79 Å². The highest BCUT2D eigenvalue weighted by molar-refractivity contribution is 6.08. The average Bonchev–Trinajstić information content (AvgIpc) is 3.34. The summed E-state index contributed by atoms with van der Waals surface area (Å²) in [4.78, 5) is 44.8. The Labute approximate surface area is 260 Å². The first-order valence-electron chi connectivity index (χ1n) is 13.8. The number of esters is 1. The normalized spacial score (nSPS) is 10.7. The van der Waals surface area contributed by atoms with E-state index < -0.39 is 12.1 Å². The number of para-hydroxylation sites is 1. The van der Waals surface area contributed by atoms with Crippen molar-refractivity contribution in [1.29, 1.82) is 5.41 Å². The van der Waals surface area contributed by atoms with E-state index in [1.54, 1.807) is 67.8 Å². The lowest BCUT2D eigenvalue weighted by Crippen LogP contribution is -2.38. The number of fused-ring (bicyclic) bond motifs is 2. The van der Waals surface area contributed by atoms with Crippen molar-refractivity contribution in [2.75, 3.05) is 18.1 Å². The molecular weight excluding hydrogens is 582 g/mol.